The Labute approximate surface area is 338 Å². The Morgan fingerprint density at radius 2 is 1.58 bits per heavy atom. The molecule has 3 N–H and O–H groups in total. The molecule has 6 aromatic rings. The first-order valence-corrected chi connectivity index (χ1v) is 21.3. The fraction of sp³-hybridized carbons (Fsp3) is 0.244. The monoisotopic (exact) mass is 802 g/mol. The van der Waals surface area contributed by atoms with E-state index >= 15 is 0 Å². The molecule has 5 aromatic carbocycles. The van der Waals surface area contributed by atoms with Crippen LogP contribution in [0.15, 0.2) is 150 Å². The van der Waals surface area contributed by atoms with Gasteiger partial charge in [-0.25, -0.2) is 13.4 Å². The van der Waals surface area contributed by atoms with Crippen molar-refractivity contribution in [2.24, 2.45) is 7.05 Å². The summed E-state index contributed by atoms with van der Waals surface area (Å²) in [6, 6.07) is 38.6. The van der Waals surface area contributed by atoms with Crippen LogP contribution in [0.2, 0.25) is 0 Å². The van der Waals surface area contributed by atoms with Crippen LogP contribution in [-0.4, -0.2) is 46.9 Å². The summed E-state index contributed by atoms with van der Waals surface area (Å²) in [5.74, 6) is 0.273. The van der Waals surface area contributed by atoms with E-state index in [1.807, 2.05) is 128 Å². The third-order valence-corrected chi connectivity index (χ3v) is 12.7. The number of aliphatic hydroxyl groups excluding tert-OH is 1. The van der Waals surface area contributed by atoms with Crippen LogP contribution in [-0.2, 0) is 50.9 Å². The summed E-state index contributed by atoms with van der Waals surface area (Å²) in [7, 11) is -2.00. The molecule has 2 heterocycles. The Kier molecular flexibility index (Phi) is 13.0. The molecule has 1 amide bonds. The van der Waals surface area contributed by atoms with E-state index in [0.29, 0.717) is 12.2 Å². The first kappa shape index (κ1) is 40.1. The van der Waals surface area contributed by atoms with E-state index in [-0.39, 0.29) is 36.7 Å². The van der Waals surface area contributed by atoms with Gasteiger partial charge in [0, 0.05) is 43.7 Å². The SMILES string of the molecule is Cc1ccc(S(=O)(=O)N[C@H](Cc2ccccc2)C(=O)NCc2ccccc2-c2ccc([C@@H]3O[C@H](CSc4nccn4C)C[C@H](c4ccc(CO)cc4)O3)cc2)cc1. The van der Waals surface area contributed by atoms with Crippen molar-refractivity contribution in [3.05, 3.63) is 173 Å². The van der Waals surface area contributed by atoms with Crippen molar-refractivity contribution in [1.29, 1.82) is 0 Å². The number of carbonyl (C=O) groups excluding carboxylic acids is 1. The van der Waals surface area contributed by atoms with E-state index in [1.54, 1.807) is 42.2 Å². The molecule has 1 aliphatic rings. The molecule has 1 aliphatic heterocycles. The van der Waals surface area contributed by atoms with Crippen molar-refractivity contribution in [3.8, 4) is 11.1 Å². The number of aryl methyl sites for hydroxylation is 2. The van der Waals surface area contributed by atoms with E-state index in [0.717, 1.165) is 49.7 Å². The second-order valence-corrected chi connectivity index (χ2v) is 16.9. The maximum absolute atomic E-state index is 13.8. The van der Waals surface area contributed by atoms with Gasteiger partial charge in [-0.2, -0.15) is 4.72 Å². The molecule has 7 rings (SSSR count). The van der Waals surface area contributed by atoms with Gasteiger partial charge in [0.2, 0.25) is 15.9 Å². The molecule has 4 atom stereocenters. The van der Waals surface area contributed by atoms with E-state index in [1.165, 1.54) is 0 Å². The average molecular weight is 803 g/mol. The van der Waals surface area contributed by atoms with Crippen molar-refractivity contribution in [1.82, 2.24) is 19.6 Å². The van der Waals surface area contributed by atoms with Crippen molar-refractivity contribution >= 4 is 27.7 Å². The summed E-state index contributed by atoms with van der Waals surface area (Å²) in [6.45, 7) is 2.06. The van der Waals surface area contributed by atoms with Gasteiger partial charge in [-0.1, -0.05) is 133 Å². The lowest BCUT2D eigenvalue weighted by atomic mass is 9.97. The molecule has 0 bridgehead atoms. The standard InChI is InChI=1S/C45H46N4O6S2/c1-31-12-22-39(23-13-31)57(52,53)48-41(26-32-8-4-3-5-9-32)43(51)47-28-37-10-6-7-11-40(37)34-18-20-36(21-19-34)44-54-38(30-56-45-46-24-25-49(45)2)27-42(55-44)35-16-14-33(29-50)15-17-35/h3-25,38,41-42,44,48,50H,26-30H2,1-2H3,(H,47,51)/t38-,41+,42+,44+/m0/s1. The molecule has 1 fully saturated rings. The highest BCUT2D eigenvalue weighted by Gasteiger charge is 2.33. The summed E-state index contributed by atoms with van der Waals surface area (Å²) >= 11 is 1.65. The van der Waals surface area contributed by atoms with Crippen molar-refractivity contribution < 1.29 is 27.8 Å². The normalized spacial score (nSPS) is 17.6. The highest BCUT2D eigenvalue weighted by atomic mass is 32.2. The largest absolute Gasteiger partial charge is 0.392 e. The summed E-state index contributed by atoms with van der Waals surface area (Å²) < 4.78 is 44.6. The van der Waals surface area contributed by atoms with Crippen molar-refractivity contribution in [2.75, 3.05) is 5.75 Å². The molecule has 0 spiro atoms. The second kappa shape index (κ2) is 18.5. The zero-order valence-corrected chi connectivity index (χ0v) is 33.5. The van der Waals surface area contributed by atoms with Crippen LogP contribution in [0.25, 0.3) is 11.1 Å². The molecule has 0 radical (unpaired) electrons. The van der Waals surface area contributed by atoms with Gasteiger partial charge in [0.15, 0.2) is 11.4 Å². The quantitative estimate of drug-likeness (QED) is 0.0915. The molecule has 12 heteroatoms. The lowest BCUT2D eigenvalue weighted by Crippen LogP contribution is -2.47. The minimum absolute atomic E-state index is 0.0207. The van der Waals surface area contributed by atoms with Crippen LogP contribution < -0.4 is 10.0 Å². The molecule has 0 aliphatic carbocycles. The van der Waals surface area contributed by atoms with Gasteiger partial charge >= 0.3 is 0 Å². The zero-order valence-electron chi connectivity index (χ0n) is 31.8. The van der Waals surface area contributed by atoms with Gasteiger partial charge in [0.1, 0.15) is 6.04 Å². The number of hydrogen-bond acceptors (Lipinski definition) is 8. The molecule has 1 aromatic heterocycles. The number of nitrogens with zero attached hydrogens (tertiary/aromatic N) is 2. The Balaban J connectivity index is 1.07. The van der Waals surface area contributed by atoms with Gasteiger partial charge in [0.05, 0.1) is 23.7 Å². The average Bonchev–Trinajstić information content (AvgIpc) is 3.66. The number of nitrogens with one attached hydrogen (secondary N) is 2. The van der Waals surface area contributed by atoms with Crippen LogP contribution >= 0.6 is 11.8 Å². The fourth-order valence-corrected chi connectivity index (χ4v) is 8.92. The van der Waals surface area contributed by atoms with E-state index in [4.69, 9.17) is 9.47 Å². The Bertz CT molecular complexity index is 2350. The Morgan fingerprint density at radius 3 is 2.28 bits per heavy atom. The summed E-state index contributed by atoms with van der Waals surface area (Å²) in [5.41, 5.74) is 7.26. The number of sulfonamides is 1. The van der Waals surface area contributed by atoms with Gasteiger partial charge in [-0.15, -0.1) is 0 Å². The molecule has 0 unspecified atom stereocenters. The lowest BCUT2D eigenvalue weighted by molar-refractivity contribution is -0.245. The van der Waals surface area contributed by atoms with Crippen LogP contribution in [0.5, 0.6) is 0 Å². The molecular weight excluding hydrogens is 757 g/mol. The lowest BCUT2D eigenvalue weighted by Gasteiger charge is -2.36. The Hall–Kier alpha value is -5.08. The van der Waals surface area contributed by atoms with Crippen molar-refractivity contribution in [2.45, 2.75) is 67.5 Å². The second-order valence-electron chi connectivity index (χ2n) is 14.2. The van der Waals surface area contributed by atoms with Crippen LogP contribution in [0.1, 0.15) is 52.2 Å². The predicted molar refractivity (Wildman–Crippen MR) is 222 cm³/mol. The van der Waals surface area contributed by atoms with Crippen LogP contribution in [0.3, 0.4) is 0 Å². The third-order valence-electron chi connectivity index (χ3n) is 9.98. The minimum atomic E-state index is -3.98. The summed E-state index contributed by atoms with van der Waals surface area (Å²) in [5, 5.41) is 13.5. The first-order valence-electron chi connectivity index (χ1n) is 18.8. The summed E-state index contributed by atoms with van der Waals surface area (Å²) in [4.78, 5) is 18.3. The number of carbonyl (C=O) groups is 1. The molecule has 294 valence electrons. The minimum Gasteiger partial charge on any atom is -0.392 e. The highest BCUT2D eigenvalue weighted by Crippen LogP contribution is 2.40. The zero-order chi connectivity index (χ0) is 39.8. The Morgan fingerprint density at radius 1 is 0.877 bits per heavy atom. The van der Waals surface area contributed by atoms with Crippen LogP contribution in [0, 0.1) is 6.92 Å². The number of ether oxygens (including phenoxy) is 2. The number of imidazole rings is 1. The molecule has 10 nitrogen and oxygen atoms in total. The predicted octanol–water partition coefficient (Wildman–Crippen LogP) is 7.43. The van der Waals surface area contributed by atoms with E-state index in [9.17, 15) is 18.3 Å². The molecule has 1 saturated heterocycles. The maximum atomic E-state index is 13.8. The smallest absolute Gasteiger partial charge is 0.241 e. The van der Waals surface area contributed by atoms with Gasteiger partial charge < -0.3 is 24.5 Å². The number of aliphatic hydroxyl groups is 1. The van der Waals surface area contributed by atoms with Gasteiger partial charge in [-0.05, 0) is 58.9 Å². The van der Waals surface area contributed by atoms with Crippen molar-refractivity contribution in [3.63, 3.8) is 0 Å². The van der Waals surface area contributed by atoms with E-state index in [2.05, 4.69) is 15.0 Å². The number of aromatic nitrogens is 2. The van der Waals surface area contributed by atoms with Gasteiger partial charge in [-0.3, -0.25) is 4.79 Å². The number of benzene rings is 5. The molecular formula is C45H46N4O6S2. The number of amides is 1. The number of thioether (sulfide) groups is 1. The molecule has 0 saturated carbocycles. The van der Waals surface area contributed by atoms with Gasteiger partial charge in [0.25, 0.3) is 0 Å². The van der Waals surface area contributed by atoms with Crippen LogP contribution in [0.4, 0.5) is 0 Å². The molecule has 57 heavy (non-hydrogen) atoms. The number of hydrogen-bond donors (Lipinski definition) is 3. The highest BCUT2D eigenvalue weighted by molar-refractivity contribution is 7.99. The maximum Gasteiger partial charge on any atom is 0.241 e. The third kappa shape index (κ3) is 10.3. The van der Waals surface area contributed by atoms with E-state index < -0.39 is 28.3 Å². The first-order chi connectivity index (χ1) is 27.6. The fourth-order valence-electron chi connectivity index (χ4n) is 6.77. The topological polar surface area (TPSA) is 132 Å². The summed E-state index contributed by atoms with van der Waals surface area (Å²) in [6.07, 6.45) is 3.64. The number of rotatable bonds is 15.